The highest BCUT2D eigenvalue weighted by molar-refractivity contribution is 7.14. The summed E-state index contributed by atoms with van der Waals surface area (Å²) in [5.74, 6) is 0.491. The van der Waals surface area contributed by atoms with Gasteiger partial charge in [0.1, 0.15) is 0 Å². The second-order valence-corrected chi connectivity index (χ2v) is 8.35. The number of aromatic nitrogens is 1. The van der Waals surface area contributed by atoms with Crippen LogP contribution in [0, 0.1) is 5.92 Å². The molecule has 5 nitrogen and oxygen atoms in total. The van der Waals surface area contributed by atoms with Crippen molar-refractivity contribution in [1.29, 1.82) is 0 Å². The molecule has 1 aromatic heterocycles. The Morgan fingerprint density at radius 2 is 1.72 bits per heavy atom. The minimum atomic E-state index is -0.305. The molecule has 4 N–H and O–H groups in total. The first-order valence-electron chi connectivity index (χ1n) is 10.1. The van der Waals surface area contributed by atoms with Crippen LogP contribution in [0.1, 0.15) is 43.8 Å². The van der Waals surface area contributed by atoms with E-state index in [2.05, 4.69) is 15.6 Å². The number of hydrogen-bond acceptors (Lipinski definition) is 4. The topological polar surface area (TPSA) is 80.0 Å². The second-order valence-electron chi connectivity index (χ2n) is 7.49. The fraction of sp³-hybridized carbons (Fsp3) is 0.304. The fourth-order valence-electron chi connectivity index (χ4n) is 3.94. The number of nitrogens with two attached hydrogens (primary N) is 1. The normalized spacial score (nSPS) is 15.6. The lowest BCUT2D eigenvalue weighted by Gasteiger charge is -2.26. The number of nitrogens with zero attached hydrogens (tertiary/aromatic N) is 1. The summed E-state index contributed by atoms with van der Waals surface area (Å²) < 4.78 is 0. The van der Waals surface area contributed by atoms with Crippen molar-refractivity contribution in [2.45, 2.75) is 38.1 Å². The SMILES string of the molecule is NC(c1csc(NC(=O)Nc2ccccc2-c2ccccc2)n1)C1CCCCC1. The van der Waals surface area contributed by atoms with E-state index in [9.17, 15) is 4.79 Å². The van der Waals surface area contributed by atoms with Gasteiger partial charge in [0.15, 0.2) is 5.13 Å². The summed E-state index contributed by atoms with van der Waals surface area (Å²) >= 11 is 1.42. The number of carbonyl (C=O) groups excluding carboxylic acids is 1. The zero-order valence-corrected chi connectivity index (χ0v) is 17.1. The van der Waals surface area contributed by atoms with Crippen molar-refractivity contribution in [1.82, 2.24) is 4.98 Å². The van der Waals surface area contributed by atoms with Gasteiger partial charge in [-0.3, -0.25) is 5.32 Å². The average Bonchev–Trinajstić information content (AvgIpc) is 3.23. The lowest BCUT2D eigenvalue weighted by atomic mass is 9.83. The maximum absolute atomic E-state index is 12.6. The molecule has 1 heterocycles. The molecular formula is C23H26N4OS. The maximum atomic E-state index is 12.6. The van der Waals surface area contributed by atoms with E-state index in [4.69, 9.17) is 5.73 Å². The van der Waals surface area contributed by atoms with Gasteiger partial charge < -0.3 is 11.1 Å². The molecule has 29 heavy (non-hydrogen) atoms. The van der Waals surface area contributed by atoms with Crippen LogP contribution in [0.3, 0.4) is 0 Å². The zero-order chi connectivity index (χ0) is 20.1. The molecule has 1 unspecified atom stereocenters. The number of rotatable bonds is 5. The van der Waals surface area contributed by atoms with Gasteiger partial charge in [0.25, 0.3) is 0 Å². The van der Waals surface area contributed by atoms with Gasteiger partial charge in [-0.05, 0) is 30.4 Å². The van der Waals surface area contributed by atoms with E-state index in [0.717, 1.165) is 35.3 Å². The molecule has 2 aromatic carbocycles. The maximum Gasteiger partial charge on any atom is 0.325 e. The van der Waals surface area contributed by atoms with Crippen LogP contribution in [0.25, 0.3) is 11.1 Å². The van der Waals surface area contributed by atoms with Crippen molar-refractivity contribution in [2.75, 3.05) is 10.6 Å². The van der Waals surface area contributed by atoms with Crippen molar-refractivity contribution >= 4 is 28.2 Å². The molecule has 0 aliphatic heterocycles. The summed E-state index contributed by atoms with van der Waals surface area (Å²) in [6.45, 7) is 0. The number of nitrogens with one attached hydrogen (secondary N) is 2. The van der Waals surface area contributed by atoms with Crippen LogP contribution >= 0.6 is 11.3 Å². The van der Waals surface area contributed by atoms with E-state index in [-0.39, 0.29) is 12.1 Å². The first-order chi connectivity index (χ1) is 14.2. The molecule has 2 amide bonds. The number of urea groups is 1. The Kier molecular flexibility index (Phi) is 6.22. The molecule has 0 saturated heterocycles. The van der Waals surface area contributed by atoms with Gasteiger partial charge in [0.2, 0.25) is 0 Å². The Morgan fingerprint density at radius 3 is 2.52 bits per heavy atom. The summed E-state index contributed by atoms with van der Waals surface area (Å²) in [5, 5.41) is 8.33. The largest absolute Gasteiger partial charge is 0.325 e. The van der Waals surface area contributed by atoms with Crippen molar-refractivity contribution < 1.29 is 4.79 Å². The zero-order valence-electron chi connectivity index (χ0n) is 16.3. The third-order valence-corrected chi connectivity index (χ3v) is 6.28. The van der Waals surface area contributed by atoms with E-state index >= 15 is 0 Å². The predicted molar refractivity (Wildman–Crippen MR) is 120 cm³/mol. The molecular weight excluding hydrogens is 380 g/mol. The number of para-hydroxylation sites is 1. The predicted octanol–water partition coefficient (Wildman–Crippen LogP) is 6.03. The number of thiazole rings is 1. The fourth-order valence-corrected chi connectivity index (χ4v) is 4.70. The van der Waals surface area contributed by atoms with Gasteiger partial charge in [-0.15, -0.1) is 11.3 Å². The summed E-state index contributed by atoms with van der Waals surface area (Å²) in [5.41, 5.74) is 10.1. The van der Waals surface area contributed by atoms with Crippen LogP contribution in [0.15, 0.2) is 60.0 Å². The average molecular weight is 407 g/mol. The van der Waals surface area contributed by atoms with Crippen LogP contribution in [-0.2, 0) is 0 Å². The summed E-state index contributed by atoms with van der Waals surface area (Å²) in [6.07, 6.45) is 6.13. The quantitative estimate of drug-likeness (QED) is 0.483. The van der Waals surface area contributed by atoms with Crippen molar-refractivity contribution in [3.8, 4) is 11.1 Å². The lowest BCUT2D eigenvalue weighted by Crippen LogP contribution is -2.24. The van der Waals surface area contributed by atoms with E-state index in [1.807, 2.05) is 60.0 Å². The molecule has 150 valence electrons. The minimum Gasteiger partial charge on any atom is -0.322 e. The van der Waals surface area contributed by atoms with Crippen molar-refractivity contribution in [3.63, 3.8) is 0 Å². The summed E-state index contributed by atoms with van der Waals surface area (Å²) in [4.78, 5) is 17.1. The van der Waals surface area contributed by atoms with E-state index in [0.29, 0.717) is 11.0 Å². The molecule has 4 rings (SSSR count). The van der Waals surface area contributed by atoms with Crippen LogP contribution in [0.5, 0.6) is 0 Å². The standard InChI is InChI=1S/C23H26N4OS/c24-21(17-11-5-2-6-12-17)20-15-29-23(26-20)27-22(28)25-19-14-8-7-13-18(19)16-9-3-1-4-10-16/h1,3-4,7-10,13-15,17,21H,2,5-6,11-12,24H2,(H2,25,26,27,28). The van der Waals surface area contributed by atoms with Crippen LogP contribution in [0.4, 0.5) is 15.6 Å². The minimum absolute atomic E-state index is 0.0519. The van der Waals surface area contributed by atoms with Crippen molar-refractivity contribution in [2.24, 2.45) is 11.7 Å². The molecule has 1 saturated carbocycles. The number of hydrogen-bond donors (Lipinski definition) is 3. The van der Waals surface area contributed by atoms with Crippen LogP contribution in [0.2, 0.25) is 0 Å². The third kappa shape index (κ3) is 4.83. The second kappa shape index (κ2) is 9.20. The summed E-state index contributed by atoms with van der Waals surface area (Å²) in [7, 11) is 0. The molecule has 1 aliphatic carbocycles. The van der Waals surface area contributed by atoms with Crippen LogP contribution in [-0.4, -0.2) is 11.0 Å². The molecule has 1 fully saturated rings. The van der Waals surface area contributed by atoms with Gasteiger partial charge in [-0.2, -0.15) is 0 Å². The molecule has 0 radical (unpaired) electrons. The Balaban J connectivity index is 1.42. The van der Waals surface area contributed by atoms with Crippen LogP contribution < -0.4 is 16.4 Å². The van der Waals surface area contributed by atoms with Gasteiger partial charge in [-0.1, -0.05) is 67.8 Å². The summed E-state index contributed by atoms with van der Waals surface area (Å²) in [6, 6.07) is 17.4. The first-order valence-corrected chi connectivity index (χ1v) is 11.0. The highest BCUT2D eigenvalue weighted by Gasteiger charge is 2.24. The first kappa shape index (κ1) is 19.6. The van der Waals surface area contributed by atoms with Gasteiger partial charge >= 0.3 is 6.03 Å². The Morgan fingerprint density at radius 1 is 1.00 bits per heavy atom. The Labute approximate surface area is 175 Å². The molecule has 3 aromatic rings. The highest BCUT2D eigenvalue weighted by Crippen LogP contribution is 2.34. The van der Waals surface area contributed by atoms with Gasteiger partial charge in [0, 0.05) is 10.9 Å². The van der Waals surface area contributed by atoms with Gasteiger partial charge in [-0.25, -0.2) is 9.78 Å². The molecule has 6 heteroatoms. The molecule has 0 bridgehead atoms. The smallest absolute Gasteiger partial charge is 0.322 e. The number of anilines is 2. The number of amides is 2. The lowest BCUT2D eigenvalue weighted by molar-refractivity contribution is 0.262. The van der Waals surface area contributed by atoms with E-state index in [1.54, 1.807) is 0 Å². The van der Waals surface area contributed by atoms with Gasteiger partial charge in [0.05, 0.1) is 17.4 Å². The monoisotopic (exact) mass is 406 g/mol. The third-order valence-electron chi connectivity index (χ3n) is 5.50. The Hall–Kier alpha value is -2.70. The molecule has 1 atom stereocenters. The highest BCUT2D eigenvalue weighted by atomic mass is 32.1. The molecule has 1 aliphatic rings. The Bertz CT molecular complexity index is 950. The molecule has 0 spiro atoms. The van der Waals surface area contributed by atoms with Crippen molar-refractivity contribution in [3.05, 3.63) is 65.7 Å². The number of carbonyl (C=O) groups is 1. The number of benzene rings is 2. The van der Waals surface area contributed by atoms with E-state index < -0.39 is 0 Å². The van der Waals surface area contributed by atoms with E-state index in [1.165, 1.54) is 30.6 Å².